The van der Waals surface area contributed by atoms with E-state index in [1.807, 2.05) is 25.7 Å². The third-order valence-corrected chi connectivity index (χ3v) is 5.99. The van der Waals surface area contributed by atoms with Crippen molar-refractivity contribution < 1.29 is 14.6 Å². The molecule has 0 aliphatic carbocycles. The minimum absolute atomic E-state index is 0.194. The second-order valence-electron chi connectivity index (χ2n) is 8.84. The summed E-state index contributed by atoms with van der Waals surface area (Å²) < 4.78 is 5.63. The van der Waals surface area contributed by atoms with Crippen molar-refractivity contribution in [3.8, 4) is 0 Å². The second-order valence-corrected chi connectivity index (χ2v) is 9.23. The molecule has 2 bridgehead atoms. The maximum absolute atomic E-state index is 12.7. The number of nitrogens with zero attached hydrogens (tertiary/aromatic N) is 4. The van der Waals surface area contributed by atoms with Crippen molar-refractivity contribution in [2.75, 3.05) is 11.4 Å². The molecule has 27 heavy (non-hydrogen) atoms. The fourth-order valence-corrected chi connectivity index (χ4v) is 4.89. The summed E-state index contributed by atoms with van der Waals surface area (Å²) in [7, 11) is 0. The van der Waals surface area contributed by atoms with Gasteiger partial charge in [0.2, 0.25) is 0 Å². The maximum atomic E-state index is 12.7. The average molecular weight is 395 g/mol. The number of carbonyl (C=O) groups is 1. The monoisotopic (exact) mass is 394 g/mol. The number of piperidine rings is 1. The minimum Gasteiger partial charge on any atom is -0.444 e. The first-order valence-electron chi connectivity index (χ1n) is 9.72. The van der Waals surface area contributed by atoms with Crippen LogP contribution in [0.1, 0.15) is 64.5 Å². The van der Waals surface area contributed by atoms with Crippen LogP contribution in [0.15, 0.2) is 6.07 Å². The maximum Gasteiger partial charge on any atom is 0.410 e. The molecule has 2 fully saturated rings. The highest BCUT2D eigenvalue weighted by atomic mass is 35.5. The number of aliphatic hydroxyl groups is 1. The van der Waals surface area contributed by atoms with Gasteiger partial charge in [0.1, 0.15) is 5.60 Å². The molecule has 4 rings (SSSR count). The molecule has 1 aromatic heterocycles. The van der Waals surface area contributed by atoms with E-state index in [4.69, 9.17) is 16.3 Å². The van der Waals surface area contributed by atoms with Gasteiger partial charge in [-0.1, -0.05) is 11.6 Å². The Labute approximate surface area is 164 Å². The Balaban J connectivity index is 1.53. The van der Waals surface area contributed by atoms with Gasteiger partial charge in [0, 0.05) is 30.2 Å². The van der Waals surface area contributed by atoms with E-state index in [1.165, 1.54) is 0 Å². The number of aliphatic hydroxyl groups excluding tert-OH is 1. The Morgan fingerprint density at radius 3 is 2.48 bits per heavy atom. The van der Waals surface area contributed by atoms with E-state index in [9.17, 15) is 9.90 Å². The number of carbonyl (C=O) groups excluding carboxylic acids is 1. The number of rotatable bonds is 1. The smallest absolute Gasteiger partial charge is 0.410 e. The molecule has 1 amide bonds. The zero-order valence-corrected chi connectivity index (χ0v) is 16.8. The molecular formula is C19H27ClN4O3. The number of anilines is 1. The number of amides is 1. The Hall–Kier alpha value is -1.60. The zero-order chi connectivity index (χ0) is 19.3. The molecule has 3 aliphatic rings. The Kier molecular flexibility index (Phi) is 4.71. The van der Waals surface area contributed by atoms with Crippen molar-refractivity contribution in [3.63, 3.8) is 0 Å². The van der Waals surface area contributed by atoms with Crippen molar-refractivity contribution in [2.24, 2.45) is 0 Å². The summed E-state index contributed by atoms with van der Waals surface area (Å²) in [6.45, 7) is 6.44. The molecule has 0 aromatic carbocycles. The quantitative estimate of drug-likeness (QED) is 0.787. The predicted octanol–water partition coefficient (Wildman–Crippen LogP) is 3.30. The van der Waals surface area contributed by atoms with E-state index < -0.39 is 11.7 Å². The Bertz CT molecular complexity index is 724. The van der Waals surface area contributed by atoms with Gasteiger partial charge in [-0.2, -0.15) is 0 Å². The molecule has 1 N–H and O–H groups in total. The van der Waals surface area contributed by atoms with Gasteiger partial charge in [-0.25, -0.2) is 4.79 Å². The summed E-state index contributed by atoms with van der Waals surface area (Å²) in [5.74, 6) is 0.730. The van der Waals surface area contributed by atoms with Crippen LogP contribution >= 0.6 is 11.6 Å². The molecule has 1 aromatic rings. The molecule has 8 heteroatoms. The summed E-state index contributed by atoms with van der Waals surface area (Å²) >= 11 is 5.98. The molecule has 1 unspecified atom stereocenters. The first-order valence-corrected chi connectivity index (χ1v) is 10.1. The highest BCUT2D eigenvalue weighted by Gasteiger charge is 2.47. The van der Waals surface area contributed by atoms with E-state index in [2.05, 4.69) is 15.1 Å². The van der Waals surface area contributed by atoms with Gasteiger partial charge in [-0.15, -0.1) is 10.2 Å². The van der Waals surface area contributed by atoms with Crippen molar-refractivity contribution in [2.45, 2.75) is 82.7 Å². The summed E-state index contributed by atoms with van der Waals surface area (Å²) in [6, 6.07) is 2.38. The number of halogens is 1. The fourth-order valence-electron chi connectivity index (χ4n) is 4.74. The van der Waals surface area contributed by atoms with Gasteiger partial charge in [-0.3, -0.25) is 0 Å². The lowest BCUT2D eigenvalue weighted by Gasteiger charge is -2.45. The van der Waals surface area contributed by atoms with E-state index in [1.54, 1.807) is 6.07 Å². The zero-order valence-electron chi connectivity index (χ0n) is 16.1. The minimum atomic E-state index is -0.553. The molecule has 3 aliphatic heterocycles. The molecular weight excluding hydrogens is 368 g/mol. The van der Waals surface area contributed by atoms with Crippen LogP contribution in [0.4, 0.5) is 10.6 Å². The van der Waals surface area contributed by atoms with Crippen LogP contribution in [-0.2, 0) is 4.74 Å². The Morgan fingerprint density at radius 1 is 1.19 bits per heavy atom. The molecule has 148 valence electrons. The van der Waals surface area contributed by atoms with Crippen molar-refractivity contribution in [1.29, 1.82) is 0 Å². The number of fused-ring (bicyclic) bond motifs is 3. The highest BCUT2D eigenvalue weighted by molar-refractivity contribution is 6.29. The second kappa shape index (κ2) is 6.78. The fraction of sp³-hybridized carbons (Fsp3) is 0.737. The number of hydrogen-bond donors (Lipinski definition) is 1. The van der Waals surface area contributed by atoms with Crippen LogP contribution in [0.5, 0.6) is 0 Å². The lowest BCUT2D eigenvalue weighted by Crippen LogP contribution is -2.54. The molecule has 7 nitrogen and oxygen atoms in total. The van der Waals surface area contributed by atoms with Crippen LogP contribution in [0, 0.1) is 0 Å². The summed E-state index contributed by atoms with van der Waals surface area (Å²) in [5.41, 5.74) is 0.271. The van der Waals surface area contributed by atoms with Gasteiger partial charge < -0.3 is 19.6 Å². The van der Waals surface area contributed by atoms with Gasteiger partial charge in [0.25, 0.3) is 0 Å². The summed E-state index contributed by atoms with van der Waals surface area (Å²) in [5, 5.41) is 18.9. The SMILES string of the molecule is CC(C)(C)OC(=O)N1[C@@H]2CC[C@H]1C[C@H](N1CCC(O)c3cc(Cl)nnc31)C2. The third-order valence-electron chi connectivity index (χ3n) is 5.80. The molecule has 0 radical (unpaired) electrons. The molecule has 0 spiro atoms. The van der Waals surface area contributed by atoms with Crippen LogP contribution in [-0.4, -0.2) is 56.6 Å². The van der Waals surface area contributed by atoms with Gasteiger partial charge in [-0.05, 0) is 58.9 Å². The van der Waals surface area contributed by atoms with Crippen LogP contribution in [0.2, 0.25) is 5.15 Å². The topological polar surface area (TPSA) is 78.8 Å². The molecule has 0 saturated carbocycles. The normalized spacial score (nSPS) is 30.3. The standard InChI is InChI=1S/C19H27ClN4O3/c1-19(2,3)27-18(26)24-11-4-5-12(24)9-13(8-11)23-7-6-15(25)14-10-16(20)21-22-17(14)23/h10-13,15,25H,4-9H2,1-3H3/t11-,12+,13-,15?. The highest BCUT2D eigenvalue weighted by Crippen LogP contribution is 2.42. The van der Waals surface area contributed by atoms with E-state index in [0.717, 1.165) is 43.6 Å². The number of ether oxygens (including phenoxy) is 1. The first-order chi connectivity index (χ1) is 12.7. The van der Waals surface area contributed by atoms with E-state index in [-0.39, 0.29) is 24.2 Å². The summed E-state index contributed by atoms with van der Waals surface area (Å²) in [6.07, 6.45) is 3.69. The lowest BCUT2D eigenvalue weighted by atomic mass is 9.93. The van der Waals surface area contributed by atoms with Crippen LogP contribution in [0.25, 0.3) is 0 Å². The van der Waals surface area contributed by atoms with Gasteiger partial charge in [0.05, 0.1) is 6.10 Å². The molecule has 4 atom stereocenters. The number of aromatic nitrogens is 2. The third kappa shape index (κ3) is 3.59. The van der Waals surface area contributed by atoms with Crippen LogP contribution in [0.3, 0.4) is 0 Å². The largest absolute Gasteiger partial charge is 0.444 e. The summed E-state index contributed by atoms with van der Waals surface area (Å²) in [4.78, 5) is 16.9. The van der Waals surface area contributed by atoms with Crippen molar-refractivity contribution in [1.82, 2.24) is 15.1 Å². The first kappa shape index (κ1) is 18.7. The Morgan fingerprint density at radius 2 is 1.85 bits per heavy atom. The van der Waals surface area contributed by atoms with E-state index >= 15 is 0 Å². The van der Waals surface area contributed by atoms with Crippen LogP contribution < -0.4 is 4.90 Å². The van der Waals surface area contributed by atoms with Crippen molar-refractivity contribution in [3.05, 3.63) is 16.8 Å². The number of hydrogen-bond acceptors (Lipinski definition) is 6. The predicted molar refractivity (Wildman–Crippen MR) is 102 cm³/mol. The van der Waals surface area contributed by atoms with E-state index in [0.29, 0.717) is 11.6 Å². The average Bonchev–Trinajstić information content (AvgIpc) is 2.85. The van der Waals surface area contributed by atoms with Gasteiger partial charge in [0.15, 0.2) is 11.0 Å². The van der Waals surface area contributed by atoms with Crippen molar-refractivity contribution >= 4 is 23.5 Å². The molecule has 2 saturated heterocycles. The van der Waals surface area contributed by atoms with Gasteiger partial charge >= 0.3 is 6.09 Å². The molecule has 4 heterocycles. The lowest BCUT2D eigenvalue weighted by molar-refractivity contribution is 0.00563.